The number of ether oxygens (including phenoxy) is 1. The predicted octanol–water partition coefficient (Wildman–Crippen LogP) is 14.0. The lowest BCUT2D eigenvalue weighted by molar-refractivity contribution is 0.479. The molecule has 0 unspecified atom stereocenters. The van der Waals surface area contributed by atoms with Crippen molar-refractivity contribution in [3.8, 4) is 50.9 Å². The topological polar surface area (TPSA) is 32.7 Å². The van der Waals surface area contributed by atoms with Crippen LogP contribution in [0.2, 0.25) is 0 Å². The van der Waals surface area contributed by atoms with Gasteiger partial charge in [0.1, 0.15) is 17.2 Å². The Morgan fingerprint density at radius 3 is 1.64 bits per heavy atom. The predicted molar refractivity (Wildman–Crippen MR) is 273 cm³/mol. The average Bonchev–Trinajstić information content (AvgIpc) is 4.10. The Balaban J connectivity index is 0.898. The normalized spacial score (nSPS) is 13.1. The molecule has 4 aromatic heterocycles. The molecule has 5 nitrogen and oxygen atoms in total. The van der Waals surface area contributed by atoms with Gasteiger partial charge < -0.3 is 22.9 Å². The Labute approximate surface area is 377 Å². The van der Waals surface area contributed by atoms with Gasteiger partial charge in [-0.25, -0.2) is 0 Å². The first-order chi connectivity index (χ1) is 32.7. The number of fused-ring (bicyclic) bond motifs is 17. The van der Waals surface area contributed by atoms with E-state index in [9.17, 15) is 0 Å². The summed E-state index contributed by atoms with van der Waals surface area (Å²) in [6.07, 6.45) is 0. The maximum absolute atomic E-state index is 7.17. The zero-order chi connectivity index (χ0) is 42.8. The standard InChI is InChI=1S/C60H34BN3O2/c1-7-19-49-39(13-1)40-14-2-8-20-50(40)62(49)37-28-25-35(26-29-37)36-27-30-48-55(31-36)65-56-33-38(32-45-43-17-6-12-24-54(43)66-61(48)58(45)56)63-51-21-9-3-15-41(51)46-34-47-42-16-4-10-22-52(42)64-53-23-11-5-18-44(53)57(59(46)63)60(47)64/h1-34H. The van der Waals surface area contributed by atoms with Crippen molar-refractivity contribution in [2.24, 2.45) is 0 Å². The molecule has 0 bridgehead atoms. The molecule has 0 radical (unpaired) electrons. The highest BCUT2D eigenvalue weighted by Gasteiger charge is 2.41. The number of hydrogen-bond donors (Lipinski definition) is 0. The fraction of sp³-hybridized carbons (Fsp3) is 0. The molecule has 0 atom stereocenters. The van der Waals surface area contributed by atoms with E-state index in [-0.39, 0.29) is 6.92 Å². The summed E-state index contributed by atoms with van der Waals surface area (Å²) in [7, 11) is 0. The fourth-order valence-corrected chi connectivity index (χ4v) is 11.9. The van der Waals surface area contributed by atoms with Crippen LogP contribution in [0.5, 0.6) is 17.2 Å². The third-order valence-corrected chi connectivity index (χ3v) is 14.6. The molecule has 16 rings (SSSR count). The summed E-state index contributed by atoms with van der Waals surface area (Å²) in [6, 6.07) is 74.9. The molecule has 0 saturated heterocycles. The third kappa shape index (κ3) is 4.40. The second-order valence-corrected chi connectivity index (χ2v) is 17.9. The Morgan fingerprint density at radius 2 is 0.909 bits per heavy atom. The highest BCUT2D eigenvalue weighted by Crippen LogP contribution is 2.48. The van der Waals surface area contributed by atoms with Gasteiger partial charge in [-0.05, 0) is 83.4 Å². The largest absolute Gasteiger partial charge is 0.551 e. The lowest BCUT2D eigenvalue weighted by Crippen LogP contribution is -2.53. The van der Waals surface area contributed by atoms with E-state index >= 15 is 0 Å². The summed E-state index contributed by atoms with van der Waals surface area (Å²) in [5, 5.41) is 10.0. The molecule has 14 aromatic rings. The maximum atomic E-state index is 7.17. The molecule has 0 fully saturated rings. The molecule has 0 spiro atoms. The second-order valence-electron chi connectivity index (χ2n) is 17.9. The van der Waals surface area contributed by atoms with Crippen LogP contribution in [0.25, 0.3) is 115 Å². The van der Waals surface area contributed by atoms with Crippen molar-refractivity contribution in [1.29, 1.82) is 0 Å². The molecule has 10 aromatic carbocycles. The van der Waals surface area contributed by atoms with Crippen LogP contribution in [0, 0.1) is 0 Å². The van der Waals surface area contributed by atoms with Gasteiger partial charge in [0.15, 0.2) is 0 Å². The number of para-hydroxylation sites is 6. The van der Waals surface area contributed by atoms with E-state index in [1.807, 2.05) is 0 Å². The zero-order valence-electron chi connectivity index (χ0n) is 35.4. The van der Waals surface area contributed by atoms with Gasteiger partial charge in [-0.15, -0.1) is 0 Å². The van der Waals surface area contributed by atoms with Gasteiger partial charge in [0, 0.05) is 71.3 Å². The first-order valence-corrected chi connectivity index (χ1v) is 22.7. The molecule has 6 heterocycles. The van der Waals surface area contributed by atoms with Crippen LogP contribution >= 0.6 is 0 Å². The molecule has 304 valence electrons. The molecule has 2 aliphatic heterocycles. The van der Waals surface area contributed by atoms with Crippen LogP contribution in [0.15, 0.2) is 206 Å². The second kappa shape index (κ2) is 12.5. The molecular formula is C60H34BN3O2. The molecule has 2 aliphatic rings. The Hall–Kier alpha value is -8.74. The number of nitrogens with zero attached hydrogens (tertiary/aromatic N) is 3. The Morgan fingerprint density at radius 1 is 0.348 bits per heavy atom. The first kappa shape index (κ1) is 34.7. The van der Waals surface area contributed by atoms with Crippen LogP contribution in [0.4, 0.5) is 0 Å². The van der Waals surface area contributed by atoms with Crippen molar-refractivity contribution in [3.05, 3.63) is 206 Å². The Kier molecular flexibility index (Phi) is 6.57. The van der Waals surface area contributed by atoms with Gasteiger partial charge in [0.05, 0.1) is 44.3 Å². The van der Waals surface area contributed by atoms with E-state index in [1.54, 1.807) is 0 Å². The maximum Gasteiger partial charge on any atom is 0.434 e. The van der Waals surface area contributed by atoms with E-state index in [4.69, 9.17) is 9.39 Å². The monoisotopic (exact) mass is 839 g/mol. The van der Waals surface area contributed by atoms with E-state index in [2.05, 4.69) is 220 Å². The summed E-state index contributed by atoms with van der Waals surface area (Å²) in [5.74, 6) is 2.49. The molecule has 66 heavy (non-hydrogen) atoms. The number of benzene rings is 10. The minimum absolute atomic E-state index is 0.326. The lowest BCUT2D eigenvalue weighted by Gasteiger charge is -2.33. The smallest absolute Gasteiger partial charge is 0.434 e. The van der Waals surface area contributed by atoms with Gasteiger partial charge in [-0.1, -0.05) is 133 Å². The molecule has 0 amide bonds. The van der Waals surface area contributed by atoms with E-state index in [0.717, 1.165) is 67.3 Å². The molecule has 0 N–H and O–H groups in total. The van der Waals surface area contributed by atoms with E-state index in [0.29, 0.717) is 0 Å². The van der Waals surface area contributed by atoms with Crippen molar-refractivity contribution in [3.63, 3.8) is 0 Å². The summed E-state index contributed by atoms with van der Waals surface area (Å²) < 4.78 is 21.5. The summed E-state index contributed by atoms with van der Waals surface area (Å²) >= 11 is 0. The van der Waals surface area contributed by atoms with Crippen LogP contribution in [-0.2, 0) is 0 Å². The highest BCUT2D eigenvalue weighted by molar-refractivity contribution is 6.84. The Bertz CT molecular complexity index is 4370. The van der Waals surface area contributed by atoms with Gasteiger partial charge in [0.2, 0.25) is 0 Å². The van der Waals surface area contributed by atoms with Crippen molar-refractivity contribution in [2.45, 2.75) is 0 Å². The van der Waals surface area contributed by atoms with E-state index in [1.165, 1.54) is 76.2 Å². The third-order valence-electron chi connectivity index (χ3n) is 14.6. The van der Waals surface area contributed by atoms with Crippen molar-refractivity contribution >= 4 is 99.5 Å². The van der Waals surface area contributed by atoms with Crippen LogP contribution in [-0.4, -0.2) is 20.5 Å². The van der Waals surface area contributed by atoms with Crippen LogP contribution in [0.3, 0.4) is 0 Å². The fourth-order valence-electron chi connectivity index (χ4n) is 11.9. The number of hydrogen-bond acceptors (Lipinski definition) is 2. The lowest BCUT2D eigenvalue weighted by atomic mass is 9.50. The molecule has 6 heteroatoms. The zero-order valence-corrected chi connectivity index (χ0v) is 35.4. The number of aromatic nitrogens is 3. The van der Waals surface area contributed by atoms with Crippen LogP contribution in [0.1, 0.15) is 0 Å². The van der Waals surface area contributed by atoms with Gasteiger partial charge >= 0.3 is 6.92 Å². The first-order valence-electron chi connectivity index (χ1n) is 22.7. The van der Waals surface area contributed by atoms with Crippen LogP contribution < -0.4 is 20.3 Å². The van der Waals surface area contributed by atoms with Crippen molar-refractivity contribution in [1.82, 2.24) is 13.5 Å². The average molecular weight is 840 g/mol. The minimum Gasteiger partial charge on any atom is -0.551 e. The molecular weight excluding hydrogens is 805 g/mol. The van der Waals surface area contributed by atoms with E-state index < -0.39 is 0 Å². The molecule has 0 saturated carbocycles. The van der Waals surface area contributed by atoms with Gasteiger partial charge in [-0.2, -0.15) is 0 Å². The van der Waals surface area contributed by atoms with Gasteiger partial charge in [-0.3, -0.25) is 0 Å². The quantitative estimate of drug-likeness (QED) is 0.166. The minimum atomic E-state index is -0.326. The SMILES string of the molecule is c1ccc2c(c1)OB1c3ccc(-c4ccc(-n5c6ccccc6c6ccccc65)cc4)cc3Oc3cc(-n4c5ccccc5c5cc6c7ccccc7n7c8ccccc8c(c54)c67)cc-2c31. The van der Waals surface area contributed by atoms with Crippen molar-refractivity contribution < 1.29 is 9.39 Å². The summed E-state index contributed by atoms with van der Waals surface area (Å²) in [4.78, 5) is 0. The summed E-state index contributed by atoms with van der Waals surface area (Å²) in [5.41, 5.74) is 17.1. The highest BCUT2D eigenvalue weighted by atomic mass is 16.5. The van der Waals surface area contributed by atoms with Gasteiger partial charge in [0.25, 0.3) is 0 Å². The molecule has 0 aliphatic carbocycles. The summed E-state index contributed by atoms with van der Waals surface area (Å²) in [6.45, 7) is -0.326. The number of rotatable bonds is 3. The van der Waals surface area contributed by atoms with Crippen molar-refractivity contribution in [2.75, 3.05) is 0 Å².